The van der Waals surface area contributed by atoms with Crippen LogP contribution in [0.25, 0.3) is 0 Å². The van der Waals surface area contributed by atoms with Crippen molar-refractivity contribution < 1.29 is 13.6 Å². The van der Waals surface area contributed by atoms with Crippen LogP contribution >= 0.6 is 12.6 Å². The number of carbonyl (C=O) groups excluding carboxylic acids is 1. The molecule has 0 saturated carbocycles. The fourth-order valence-electron chi connectivity index (χ4n) is 0.964. The van der Waals surface area contributed by atoms with Crippen LogP contribution in [0.4, 0.5) is 8.78 Å². The molecule has 0 saturated heterocycles. The van der Waals surface area contributed by atoms with Gasteiger partial charge in [0, 0.05) is 5.75 Å². The number of thiol groups is 1. The average molecular weight is 220 g/mol. The molecule has 0 fully saturated rings. The molecule has 0 bridgehead atoms. The number of rotatable bonds is 6. The SMILES string of the molecule is C=CC(C(=O)CS)C(F)/C=C(/C)CF. The zero-order valence-corrected chi connectivity index (χ0v) is 8.94. The van der Waals surface area contributed by atoms with Crippen LogP contribution in [-0.2, 0) is 4.79 Å². The van der Waals surface area contributed by atoms with Gasteiger partial charge in [-0.2, -0.15) is 12.6 Å². The minimum Gasteiger partial charge on any atom is -0.298 e. The molecule has 0 amide bonds. The second-order valence-electron chi connectivity index (χ2n) is 2.98. The summed E-state index contributed by atoms with van der Waals surface area (Å²) in [6.45, 7) is 4.13. The first-order chi connectivity index (χ1) is 6.56. The van der Waals surface area contributed by atoms with E-state index < -0.39 is 18.8 Å². The molecule has 0 aliphatic heterocycles. The molecular weight excluding hydrogens is 206 g/mol. The first-order valence-corrected chi connectivity index (χ1v) is 4.83. The van der Waals surface area contributed by atoms with Gasteiger partial charge in [-0.05, 0) is 18.6 Å². The van der Waals surface area contributed by atoms with Crippen molar-refractivity contribution >= 4 is 18.4 Å². The van der Waals surface area contributed by atoms with Crippen molar-refractivity contribution in [2.24, 2.45) is 5.92 Å². The molecule has 0 aliphatic rings. The van der Waals surface area contributed by atoms with Gasteiger partial charge in [0.05, 0.1) is 5.92 Å². The number of halogens is 2. The Morgan fingerprint density at radius 2 is 2.21 bits per heavy atom. The van der Waals surface area contributed by atoms with Gasteiger partial charge < -0.3 is 0 Å². The van der Waals surface area contributed by atoms with Gasteiger partial charge in [-0.15, -0.1) is 6.58 Å². The average Bonchev–Trinajstić information content (AvgIpc) is 2.18. The summed E-state index contributed by atoms with van der Waals surface area (Å²) in [6, 6.07) is 0. The van der Waals surface area contributed by atoms with Crippen molar-refractivity contribution in [1.82, 2.24) is 0 Å². The molecule has 0 heterocycles. The predicted octanol–water partition coefficient (Wildman–Crippen LogP) is 2.54. The molecule has 0 aliphatic carbocycles. The van der Waals surface area contributed by atoms with Gasteiger partial charge >= 0.3 is 0 Å². The summed E-state index contributed by atoms with van der Waals surface area (Å²) in [5.41, 5.74) is 0.274. The third kappa shape index (κ3) is 4.05. The summed E-state index contributed by atoms with van der Waals surface area (Å²) in [6.07, 6.45) is 0.821. The van der Waals surface area contributed by atoms with E-state index in [2.05, 4.69) is 19.2 Å². The Labute approximate surface area is 88.3 Å². The van der Waals surface area contributed by atoms with E-state index in [9.17, 15) is 13.6 Å². The fourth-order valence-corrected chi connectivity index (χ4v) is 1.18. The second kappa shape index (κ2) is 6.76. The highest BCUT2D eigenvalue weighted by Gasteiger charge is 2.22. The highest BCUT2D eigenvalue weighted by molar-refractivity contribution is 7.81. The zero-order chi connectivity index (χ0) is 11.1. The number of hydrogen-bond acceptors (Lipinski definition) is 2. The van der Waals surface area contributed by atoms with E-state index in [1.807, 2.05) is 0 Å². The quantitative estimate of drug-likeness (QED) is 0.537. The minimum atomic E-state index is -1.51. The molecule has 0 rings (SSSR count). The highest BCUT2D eigenvalue weighted by Crippen LogP contribution is 2.15. The molecule has 0 radical (unpaired) electrons. The van der Waals surface area contributed by atoms with E-state index in [-0.39, 0.29) is 17.1 Å². The third-order valence-electron chi connectivity index (χ3n) is 1.78. The monoisotopic (exact) mass is 220 g/mol. The molecule has 2 unspecified atom stereocenters. The Balaban J connectivity index is 4.54. The number of alkyl halides is 2. The number of allylic oxidation sites excluding steroid dienone is 3. The third-order valence-corrected chi connectivity index (χ3v) is 2.09. The van der Waals surface area contributed by atoms with Crippen molar-refractivity contribution in [3.8, 4) is 0 Å². The first-order valence-electron chi connectivity index (χ1n) is 4.20. The fraction of sp³-hybridized carbons (Fsp3) is 0.500. The lowest BCUT2D eigenvalue weighted by Crippen LogP contribution is -2.23. The summed E-state index contributed by atoms with van der Waals surface area (Å²) in [4.78, 5) is 11.1. The van der Waals surface area contributed by atoms with Crippen LogP contribution in [0.5, 0.6) is 0 Å². The van der Waals surface area contributed by atoms with Crippen LogP contribution in [0.15, 0.2) is 24.3 Å². The maximum Gasteiger partial charge on any atom is 0.152 e. The van der Waals surface area contributed by atoms with E-state index in [0.717, 1.165) is 6.08 Å². The molecule has 80 valence electrons. The van der Waals surface area contributed by atoms with Crippen LogP contribution in [0.3, 0.4) is 0 Å². The van der Waals surface area contributed by atoms with Crippen molar-refractivity contribution in [2.45, 2.75) is 13.1 Å². The second-order valence-corrected chi connectivity index (χ2v) is 3.29. The molecule has 1 nitrogen and oxygen atoms in total. The minimum absolute atomic E-state index is 0.0420. The normalized spacial score (nSPS) is 16.1. The van der Waals surface area contributed by atoms with Crippen molar-refractivity contribution in [2.75, 3.05) is 12.4 Å². The number of Topliss-reactive ketones (excluding diaryl/α,β-unsaturated/α-hetero) is 1. The van der Waals surface area contributed by atoms with E-state index in [1.54, 1.807) is 0 Å². The van der Waals surface area contributed by atoms with Gasteiger partial charge in [-0.25, -0.2) is 8.78 Å². The molecule has 0 N–H and O–H groups in total. The molecule has 4 heteroatoms. The topological polar surface area (TPSA) is 17.1 Å². The van der Waals surface area contributed by atoms with E-state index >= 15 is 0 Å². The molecule has 0 aromatic heterocycles. The lowest BCUT2D eigenvalue weighted by molar-refractivity contribution is -0.120. The Bertz CT molecular complexity index is 238. The Hall–Kier alpha value is -0.640. The Morgan fingerprint density at radius 1 is 1.64 bits per heavy atom. The maximum atomic E-state index is 13.4. The standard InChI is InChI=1S/C10H14F2OS/c1-3-8(10(13)6-14)9(12)4-7(2)5-11/h3-4,8-9,14H,1,5-6H2,2H3/b7-4-. The van der Waals surface area contributed by atoms with E-state index in [0.29, 0.717) is 0 Å². The predicted molar refractivity (Wildman–Crippen MR) is 57.2 cm³/mol. The van der Waals surface area contributed by atoms with Crippen LogP contribution in [0.1, 0.15) is 6.92 Å². The molecule has 14 heavy (non-hydrogen) atoms. The summed E-state index contributed by atoms with van der Waals surface area (Å²) in [5.74, 6) is -1.31. The molecular formula is C10H14F2OS. The number of hydrogen-bond donors (Lipinski definition) is 1. The molecule has 2 atom stereocenters. The van der Waals surface area contributed by atoms with E-state index in [4.69, 9.17) is 0 Å². The van der Waals surface area contributed by atoms with Crippen molar-refractivity contribution in [3.05, 3.63) is 24.3 Å². The van der Waals surface area contributed by atoms with Gasteiger partial charge in [0.15, 0.2) is 5.78 Å². The largest absolute Gasteiger partial charge is 0.298 e. The molecule has 0 aromatic rings. The lowest BCUT2D eigenvalue weighted by Gasteiger charge is -2.12. The summed E-state index contributed by atoms with van der Waals surface area (Å²) in [7, 11) is 0. The smallest absolute Gasteiger partial charge is 0.152 e. The lowest BCUT2D eigenvalue weighted by atomic mass is 9.98. The number of carbonyl (C=O) groups is 1. The molecule has 0 aromatic carbocycles. The van der Waals surface area contributed by atoms with Gasteiger partial charge in [0.25, 0.3) is 0 Å². The maximum absolute atomic E-state index is 13.4. The summed E-state index contributed by atoms with van der Waals surface area (Å²) < 4.78 is 25.4. The van der Waals surface area contributed by atoms with Crippen LogP contribution in [0, 0.1) is 5.92 Å². The van der Waals surface area contributed by atoms with Gasteiger partial charge in [0.2, 0.25) is 0 Å². The highest BCUT2D eigenvalue weighted by atomic mass is 32.1. The molecule has 0 spiro atoms. The Kier molecular flexibility index (Phi) is 6.45. The Morgan fingerprint density at radius 3 is 2.57 bits per heavy atom. The first kappa shape index (κ1) is 13.4. The van der Waals surface area contributed by atoms with Gasteiger partial charge in [-0.1, -0.05) is 6.08 Å². The summed E-state index contributed by atoms with van der Waals surface area (Å²) in [5, 5.41) is 0. The van der Waals surface area contributed by atoms with Crippen LogP contribution in [0.2, 0.25) is 0 Å². The van der Waals surface area contributed by atoms with Crippen molar-refractivity contribution in [3.63, 3.8) is 0 Å². The van der Waals surface area contributed by atoms with Gasteiger partial charge in [-0.3, -0.25) is 4.79 Å². The van der Waals surface area contributed by atoms with E-state index in [1.165, 1.54) is 13.0 Å². The zero-order valence-electron chi connectivity index (χ0n) is 8.04. The van der Waals surface area contributed by atoms with Gasteiger partial charge in [0.1, 0.15) is 12.8 Å². The van der Waals surface area contributed by atoms with Crippen LogP contribution < -0.4 is 0 Å². The summed E-state index contributed by atoms with van der Waals surface area (Å²) >= 11 is 3.76. The van der Waals surface area contributed by atoms with Crippen LogP contribution in [-0.4, -0.2) is 24.4 Å². The number of ketones is 1. The van der Waals surface area contributed by atoms with Crippen molar-refractivity contribution in [1.29, 1.82) is 0 Å².